The molecule has 0 aliphatic rings. The zero-order valence-electron chi connectivity index (χ0n) is 11.4. The average Bonchev–Trinajstić information content (AvgIpc) is 2.36. The number of nitrogens with zero attached hydrogens (tertiary/aromatic N) is 3. The van der Waals surface area contributed by atoms with Crippen molar-refractivity contribution in [3.63, 3.8) is 0 Å². The molecule has 0 bridgehead atoms. The Balaban J connectivity index is 3.00. The van der Waals surface area contributed by atoms with Gasteiger partial charge in [-0.15, -0.1) is 0 Å². The standard InChI is InChI=1S/C12H23N5O/c1-4-7-8-14-10-9-17(18)12(13)15-11(10)16(5-2)6-3/h9,14H,4-8H2,1-3H3,(H2,13,15). The van der Waals surface area contributed by atoms with Crippen LogP contribution >= 0.6 is 0 Å². The minimum Gasteiger partial charge on any atom is -0.740 e. The Morgan fingerprint density at radius 1 is 1.39 bits per heavy atom. The molecule has 1 aromatic rings. The van der Waals surface area contributed by atoms with Crippen LogP contribution < -0.4 is 20.7 Å². The van der Waals surface area contributed by atoms with Crippen LogP contribution in [-0.2, 0) is 0 Å². The van der Waals surface area contributed by atoms with E-state index in [1.807, 2.05) is 0 Å². The minimum atomic E-state index is -0.0158. The quantitative estimate of drug-likeness (QED) is 0.435. The smallest absolute Gasteiger partial charge is 0.391 e. The summed E-state index contributed by atoms with van der Waals surface area (Å²) in [5.41, 5.74) is 6.32. The maximum Gasteiger partial charge on any atom is 0.391 e. The van der Waals surface area contributed by atoms with Crippen LogP contribution in [0.2, 0.25) is 0 Å². The average molecular weight is 253 g/mol. The van der Waals surface area contributed by atoms with Crippen molar-refractivity contribution in [1.29, 1.82) is 0 Å². The van der Waals surface area contributed by atoms with Gasteiger partial charge < -0.3 is 15.4 Å². The van der Waals surface area contributed by atoms with Crippen molar-refractivity contribution in [1.82, 2.24) is 4.98 Å². The van der Waals surface area contributed by atoms with E-state index < -0.39 is 0 Å². The molecule has 0 aliphatic carbocycles. The molecule has 0 aliphatic heterocycles. The number of hydrogen-bond donors (Lipinski definition) is 2. The van der Waals surface area contributed by atoms with Crippen LogP contribution in [0.15, 0.2) is 6.20 Å². The van der Waals surface area contributed by atoms with E-state index in [-0.39, 0.29) is 5.95 Å². The Hall–Kier alpha value is -1.72. The van der Waals surface area contributed by atoms with Gasteiger partial charge in [0.15, 0.2) is 0 Å². The van der Waals surface area contributed by atoms with Crippen molar-refractivity contribution in [2.75, 3.05) is 35.6 Å². The molecule has 0 atom stereocenters. The van der Waals surface area contributed by atoms with Gasteiger partial charge in [-0.3, -0.25) is 5.73 Å². The highest BCUT2D eigenvalue weighted by molar-refractivity contribution is 5.64. The fraction of sp³-hybridized carbons (Fsp3) is 0.667. The number of nitrogens with one attached hydrogen (secondary N) is 1. The molecule has 0 amide bonds. The second kappa shape index (κ2) is 6.88. The van der Waals surface area contributed by atoms with Gasteiger partial charge in [0.1, 0.15) is 5.69 Å². The Bertz CT molecular complexity index is 379. The lowest BCUT2D eigenvalue weighted by Crippen LogP contribution is -2.35. The normalized spacial score (nSPS) is 10.4. The molecule has 0 aromatic carbocycles. The first-order chi connectivity index (χ1) is 8.63. The fourth-order valence-corrected chi connectivity index (χ4v) is 1.75. The lowest BCUT2D eigenvalue weighted by Gasteiger charge is -2.21. The third-order valence-corrected chi connectivity index (χ3v) is 2.84. The predicted octanol–water partition coefficient (Wildman–Crippen LogP) is 1.36. The number of anilines is 3. The molecule has 3 N–H and O–H groups in total. The van der Waals surface area contributed by atoms with Gasteiger partial charge in [0, 0.05) is 19.6 Å². The van der Waals surface area contributed by atoms with Crippen molar-refractivity contribution >= 4 is 17.5 Å². The number of rotatable bonds is 7. The summed E-state index contributed by atoms with van der Waals surface area (Å²) in [6.45, 7) is 8.71. The summed E-state index contributed by atoms with van der Waals surface area (Å²) in [5, 5.41) is 14.7. The van der Waals surface area contributed by atoms with Crippen LogP contribution in [0.4, 0.5) is 17.5 Å². The van der Waals surface area contributed by atoms with Gasteiger partial charge in [0.05, 0.1) is 6.20 Å². The van der Waals surface area contributed by atoms with Crippen molar-refractivity contribution in [2.45, 2.75) is 33.6 Å². The summed E-state index contributed by atoms with van der Waals surface area (Å²) >= 11 is 0. The maximum atomic E-state index is 11.5. The first-order valence-corrected chi connectivity index (χ1v) is 6.52. The van der Waals surface area contributed by atoms with Crippen molar-refractivity contribution < 1.29 is 4.73 Å². The van der Waals surface area contributed by atoms with Crippen LogP contribution in [-0.4, -0.2) is 24.6 Å². The van der Waals surface area contributed by atoms with Crippen LogP contribution in [0.5, 0.6) is 0 Å². The van der Waals surface area contributed by atoms with Gasteiger partial charge >= 0.3 is 5.95 Å². The van der Waals surface area contributed by atoms with Gasteiger partial charge in [-0.25, -0.2) is 4.73 Å². The summed E-state index contributed by atoms with van der Waals surface area (Å²) < 4.78 is 0.598. The van der Waals surface area contributed by atoms with Crippen molar-refractivity contribution in [3.8, 4) is 0 Å². The van der Waals surface area contributed by atoms with E-state index in [1.165, 1.54) is 6.20 Å². The molecule has 0 radical (unpaired) electrons. The Morgan fingerprint density at radius 2 is 2.06 bits per heavy atom. The van der Waals surface area contributed by atoms with Gasteiger partial charge in [-0.2, -0.15) is 0 Å². The van der Waals surface area contributed by atoms with E-state index >= 15 is 0 Å². The van der Waals surface area contributed by atoms with E-state index in [9.17, 15) is 5.21 Å². The third kappa shape index (κ3) is 3.38. The van der Waals surface area contributed by atoms with Gasteiger partial charge in [0.2, 0.25) is 5.82 Å². The molecule has 0 unspecified atom stereocenters. The Labute approximate surface area is 108 Å². The number of nitrogens with two attached hydrogens (primary N) is 1. The number of aromatic nitrogens is 2. The third-order valence-electron chi connectivity index (χ3n) is 2.84. The maximum absolute atomic E-state index is 11.5. The zero-order chi connectivity index (χ0) is 13.5. The molecule has 0 saturated heterocycles. The van der Waals surface area contributed by atoms with E-state index in [0.717, 1.165) is 44.0 Å². The van der Waals surface area contributed by atoms with E-state index in [2.05, 4.69) is 36.0 Å². The van der Waals surface area contributed by atoms with Crippen LogP contribution in [0.1, 0.15) is 33.6 Å². The first-order valence-electron chi connectivity index (χ1n) is 6.52. The van der Waals surface area contributed by atoms with Gasteiger partial charge in [-0.1, -0.05) is 18.3 Å². The molecule has 6 heteroatoms. The first kappa shape index (κ1) is 14.3. The molecule has 102 valence electrons. The molecule has 1 rings (SSSR count). The monoisotopic (exact) mass is 253 g/mol. The second-order valence-electron chi connectivity index (χ2n) is 4.11. The lowest BCUT2D eigenvalue weighted by molar-refractivity contribution is -0.591. The van der Waals surface area contributed by atoms with E-state index in [1.54, 1.807) is 0 Å². The molecule has 0 fully saturated rings. The molecule has 1 heterocycles. The Kier molecular flexibility index (Phi) is 5.48. The minimum absolute atomic E-state index is 0.0158. The highest BCUT2D eigenvalue weighted by Crippen LogP contribution is 2.22. The lowest BCUT2D eigenvalue weighted by atomic mass is 10.3. The van der Waals surface area contributed by atoms with Crippen LogP contribution in [0.25, 0.3) is 0 Å². The summed E-state index contributed by atoms with van der Waals surface area (Å²) in [5.74, 6) is 0.735. The molecule has 6 nitrogen and oxygen atoms in total. The molecule has 1 aromatic heterocycles. The molecular weight excluding hydrogens is 230 g/mol. The highest BCUT2D eigenvalue weighted by Gasteiger charge is 2.17. The highest BCUT2D eigenvalue weighted by atomic mass is 16.5. The van der Waals surface area contributed by atoms with E-state index in [0.29, 0.717) is 4.73 Å². The van der Waals surface area contributed by atoms with E-state index in [4.69, 9.17) is 5.73 Å². The Morgan fingerprint density at radius 3 is 2.61 bits per heavy atom. The molecular formula is C12H23N5O. The predicted molar refractivity (Wildman–Crippen MR) is 74.6 cm³/mol. The summed E-state index contributed by atoms with van der Waals surface area (Å²) in [7, 11) is 0. The summed E-state index contributed by atoms with van der Waals surface area (Å²) in [4.78, 5) is 6.26. The topological polar surface area (TPSA) is 81.1 Å². The number of hydrogen-bond acceptors (Lipinski definition) is 5. The summed E-state index contributed by atoms with van der Waals surface area (Å²) in [6, 6.07) is 0. The van der Waals surface area contributed by atoms with Crippen LogP contribution in [0.3, 0.4) is 0 Å². The fourth-order valence-electron chi connectivity index (χ4n) is 1.75. The van der Waals surface area contributed by atoms with Gasteiger partial charge in [-0.05, 0) is 20.3 Å². The van der Waals surface area contributed by atoms with Gasteiger partial charge in [0.25, 0.3) is 0 Å². The van der Waals surface area contributed by atoms with Crippen LogP contribution in [0, 0.1) is 5.21 Å². The molecule has 0 saturated carbocycles. The van der Waals surface area contributed by atoms with Crippen molar-refractivity contribution in [2.24, 2.45) is 0 Å². The molecule has 0 spiro atoms. The summed E-state index contributed by atoms with van der Waals surface area (Å²) in [6.07, 6.45) is 3.62. The SMILES string of the molecule is CCCCNc1c[n+]([O-])c(N)nc1N(CC)CC. The molecule has 18 heavy (non-hydrogen) atoms. The zero-order valence-corrected chi connectivity index (χ0v) is 11.4. The van der Waals surface area contributed by atoms with Crippen molar-refractivity contribution in [3.05, 3.63) is 11.4 Å². The number of unbranched alkanes of at least 4 members (excludes halogenated alkanes) is 1. The second-order valence-corrected chi connectivity index (χ2v) is 4.11. The number of nitrogen functional groups attached to an aromatic ring is 1. The largest absolute Gasteiger partial charge is 0.740 e.